The van der Waals surface area contributed by atoms with Crippen molar-refractivity contribution >= 4 is 34.6 Å². The van der Waals surface area contributed by atoms with Crippen molar-refractivity contribution in [3.05, 3.63) is 432 Å². The molecule has 16 aromatic rings. The Morgan fingerprint density at radius 3 is 1.09 bits per heavy atom. The highest BCUT2D eigenvalue weighted by atomic mass is 19.1. The molecule has 2 fully saturated rings. The molecule has 0 bridgehead atoms. The number of benzene rings is 12. The number of ether oxygens (including phenoxy) is 2. The Bertz CT molecular complexity index is 6990. The molecule has 2 saturated heterocycles. The lowest BCUT2D eigenvalue weighted by Gasteiger charge is -2.44. The molecule has 150 heavy (non-hydrogen) atoms. The van der Waals surface area contributed by atoms with Crippen LogP contribution >= 0.6 is 0 Å². The lowest BCUT2D eigenvalue weighted by atomic mass is 10.0. The van der Waals surface area contributed by atoms with Gasteiger partial charge in [-0.05, 0) is 207 Å². The normalized spacial score (nSPS) is 13.5. The molecule has 16 N–H and O–H groups in total. The summed E-state index contributed by atoms with van der Waals surface area (Å²) in [6, 6.07) is 86.5. The van der Waals surface area contributed by atoms with Gasteiger partial charge in [0.05, 0.1) is 74.5 Å². The van der Waals surface area contributed by atoms with Gasteiger partial charge < -0.3 is 111 Å². The van der Waals surface area contributed by atoms with Crippen LogP contribution in [-0.4, -0.2) is 169 Å². The average molecular weight is 2030 g/mol. The largest absolute Gasteiger partial charge is 0.508 e. The van der Waals surface area contributed by atoms with E-state index in [2.05, 4.69) is 88.4 Å². The molecule has 780 valence electrons. The number of nitrogens with two attached hydrogens (primary N) is 4. The molecule has 0 spiro atoms. The first-order valence-corrected chi connectivity index (χ1v) is 49.5. The van der Waals surface area contributed by atoms with E-state index in [1.54, 1.807) is 150 Å². The number of carbonyl (C=O) groups is 2. The zero-order chi connectivity index (χ0) is 107. The number of hydrogen-bond acceptors (Lipinski definition) is 22. The first kappa shape index (κ1) is 110. The highest BCUT2D eigenvalue weighted by Crippen LogP contribution is 2.36. The summed E-state index contributed by atoms with van der Waals surface area (Å²) in [5, 5.41) is 78.0. The van der Waals surface area contributed by atoms with Crippen molar-refractivity contribution in [2.45, 2.75) is 135 Å². The summed E-state index contributed by atoms with van der Waals surface area (Å²) >= 11 is 0. The molecule has 4 unspecified atom stereocenters. The third-order valence-corrected chi connectivity index (χ3v) is 25.3. The van der Waals surface area contributed by atoms with Gasteiger partial charge in [-0.3, -0.25) is 9.59 Å². The number of carbonyl (C=O) groups excluding carboxylic acids is 2. The maximum absolute atomic E-state index is 13.6. The molecular weight excluding hydrogens is 1900 g/mol. The third-order valence-electron chi connectivity index (χ3n) is 25.3. The Labute approximate surface area is 872 Å². The number of aromatic hydroxyl groups is 6. The standard InChI is InChI=1S/C21H23N3O2.C20H20FN3O.C20H21FN2O.C20H22N2O3.C19H22FN3O2.C19H23N3O3/c1-15(22)9-21-20(12-16-5-4-8-19(11-16)26-2)23-14-24(21)13-17-6-3-7-18(25)10-17;1-14(22)8-20-19(11-15-4-2-6-17(21)9-15)23-13-24(20)12-16-5-3-7-18(25)10-16;1-14-5-3-6-16(9-14)12-23-13-22-20(19(23)10-15(2)24)17-7-4-8-18(21)11-17;1-14(23)9-19-20(16-6-4-8-18(11-16)25-2)21-13-22(19)12-15-5-3-7-17(24)10-15;20-14-3-1-4-15(11-14)22-9-10-23(16-5-2-6-18(24)12-16)17(13-22)7-8-19(21)25;20-19(25)8-7-16-13-21(14-3-1-5-17(23)11-14)9-10-22(16)15-4-2-6-18(24)12-15/h3-8,10-11,14,25H,1,9,12-13,22H2,2H3;2-7,9-10,13,25H,1,8,11-12,22H2;3-9,11,13,15,24H,10,12H2,1-2H3;3-8,10-11,13-14,23-24H,9,12H2,1-2H3;1-6,11-12,17,24H,7-10,13H2,(H2,21,25);1-6,11-12,16,23-24H,7-10,13H2,(H2,20,25). The number of rotatable bonds is 34. The summed E-state index contributed by atoms with van der Waals surface area (Å²) < 4.78 is 59.2. The summed E-state index contributed by atoms with van der Waals surface area (Å²) in [7, 11) is 3.29. The van der Waals surface area contributed by atoms with E-state index in [-0.39, 0.29) is 82.3 Å². The molecule has 0 radical (unpaired) electrons. The van der Waals surface area contributed by atoms with Crippen LogP contribution < -0.4 is 52.0 Å². The zero-order valence-electron chi connectivity index (χ0n) is 84.9. The Kier molecular flexibility index (Phi) is 39.4. The molecule has 2 amide bonds. The van der Waals surface area contributed by atoms with Gasteiger partial charge in [0.15, 0.2) is 0 Å². The van der Waals surface area contributed by atoms with Crippen molar-refractivity contribution in [3.63, 3.8) is 0 Å². The minimum atomic E-state index is -0.495. The van der Waals surface area contributed by atoms with E-state index in [4.69, 9.17) is 32.4 Å². The highest BCUT2D eigenvalue weighted by Gasteiger charge is 2.31. The molecule has 12 aromatic carbocycles. The van der Waals surface area contributed by atoms with E-state index in [1.165, 1.54) is 47.5 Å². The number of anilines is 4. The van der Waals surface area contributed by atoms with Crippen molar-refractivity contribution < 1.29 is 73.1 Å². The number of primary amides is 2. The number of hydrogen-bond donors (Lipinski definition) is 12. The SMILES string of the molecule is C=C(N)Cc1c(Cc2cccc(F)c2)ncn1Cc1cccc(O)c1.C=C(N)Cc1c(Cc2cccc(OC)c2)ncn1Cc1cccc(O)c1.COc1cccc(-c2ncn(Cc3cccc(O)c3)c2CC(C)O)c1.Cc1cccc(Cn2cnc(-c3cccc(F)c3)c2CC(C)O)c1.NC(=O)CCC1CN(c2cccc(F)c2)CCN1c1cccc(O)c1.NC(=O)CCC1CN(c2cccc(O)c2)CCN1c1cccc(O)c1. The van der Waals surface area contributed by atoms with Crippen LogP contribution in [0.3, 0.4) is 0 Å². The summed E-state index contributed by atoms with van der Waals surface area (Å²) in [5.41, 5.74) is 43.3. The predicted molar refractivity (Wildman–Crippen MR) is 582 cm³/mol. The van der Waals surface area contributed by atoms with Crippen LogP contribution in [0.1, 0.15) is 113 Å². The molecule has 31 heteroatoms. The van der Waals surface area contributed by atoms with Crippen LogP contribution in [0.4, 0.5) is 35.9 Å². The van der Waals surface area contributed by atoms with Crippen molar-refractivity contribution in [3.8, 4) is 68.5 Å². The number of aryl methyl sites for hydroxylation is 1. The topological polar surface area (TPSA) is 403 Å². The average Bonchev–Trinajstić information content (AvgIpc) is 1.49. The monoisotopic (exact) mass is 2030 g/mol. The predicted octanol–water partition coefficient (Wildman–Crippen LogP) is 18.4. The van der Waals surface area contributed by atoms with Gasteiger partial charge in [-0.25, -0.2) is 33.1 Å². The van der Waals surface area contributed by atoms with Gasteiger partial charge in [0.1, 0.15) is 63.4 Å². The van der Waals surface area contributed by atoms with Crippen LogP contribution in [0.2, 0.25) is 0 Å². The number of amides is 2. The third kappa shape index (κ3) is 32.9. The summed E-state index contributed by atoms with van der Waals surface area (Å²) in [4.78, 5) is 49.3. The van der Waals surface area contributed by atoms with Gasteiger partial charge in [-0.2, -0.15) is 0 Å². The fraction of sp³-hybridized carbons (Fsp3) is 0.244. The summed E-state index contributed by atoms with van der Waals surface area (Å²) in [5.74, 6) is 1.52. The summed E-state index contributed by atoms with van der Waals surface area (Å²) in [6.07, 6.45) is 11.2. The number of imidazole rings is 4. The molecule has 2 aliphatic heterocycles. The number of halogens is 3. The second-order valence-electron chi connectivity index (χ2n) is 37.4. The minimum absolute atomic E-state index is 0.0475. The Hall–Kier alpha value is -17.2. The highest BCUT2D eigenvalue weighted by molar-refractivity contribution is 5.74. The van der Waals surface area contributed by atoms with E-state index in [1.807, 2.05) is 147 Å². The first-order valence-electron chi connectivity index (χ1n) is 49.5. The lowest BCUT2D eigenvalue weighted by molar-refractivity contribution is -0.119. The molecule has 4 atom stereocenters. The second kappa shape index (κ2) is 53.8. The number of aromatic nitrogens is 8. The van der Waals surface area contributed by atoms with Gasteiger partial charge in [-0.15, -0.1) is 0 Å². The van der Waals surface area contributed by atoms with Gasteiger partial charge in [-0.1, -0.05) is 152 Å². The van der Waals surface area contributed by atoms with Gasteiger partial charge in [0.2, 0.25) is 11.8 Å². The van der Waals surface area contributed by atoms with Crippen molar-refractivity contribution in [1.82, 2.24) is 38.2 Å². The molecule has 18 rings (SSSR count). The quantitative estimate of drug-likeness (QED) is 0.0178. The van der Waals surface area contributed by atoms with E-state index in [0.29, 0.717) is 115 Å². The van der Waals surface area contributed by atoms with Gasteiger partial charge in [0, 0.05) is 215 Å². The van der Waals surface area contributed by atoms with Crippen LogP contribution in [-0.2, 0) is 74.3 Å². The van der Waals surface area contributed by atoms with Crippen molar-refractivity contribution in [1.29, 1.82) is 0 Å². The molecule has 6 heterocycles. The number of aliphatic hydroxyl groups excluding tert-OH is 2. The van der Waals surface area contributed by atoms with Crippen LogP contribution in [0, 0.1) is 24.4 Å². The Morgan fingerprint density at radius 1 is 0.373 bits per heavy atom. The fourth-order valence-corrected chi connectivity index (χ4v) is 18.3. The molecular formula is C119H131F3N16O12. The first-order chi connectivity index (χ1) is 72.2. The van der Waals surface area contributed by atoms with E-state index >= 15 is 0 Å². The van der Waals surface area contributed by atoms with Crippen molar-refractivity contribution in [2.24, 2.45) is 22.9 Å². The van der Waals surface area contributed by atoms with Crippen molar-refractivity contribution in [2.75, 3.05) is 73.1 Å². The maximum atomic E-state index is 13.6. The lowest BCUT2D eigenvalue weighted by Crippen LogP contribution is -2.53. The number of allylic oxidation sites excluding steroid dienone is 2. The Morgan fingerprint density at radius 2 is 0.700 bits per heavy atom. The smallest absolute Gasteiger partial charge is 0.217 e. The number of piperazine rings is 2. The number of methoxy groups -OCH3 is 2. The molecule has 2 aliphatic rings. The van der Waals surface area contributed by atoms with E-state index in [0.717, 1.165) is 138 Å². The number of nitrogens with zero attached hydrogens (tertiary/aromatic N) is 12. The molecule has 4 aromatic heterocycles. The van der Waals surface area contributed by atoms with Gasteiger partial charge >= 0.3 is 0 Å². The molecule has 0 saturated carbocycles. The molecule has 0 aliphatic carbocycles. The van der Waals surface area contributed by atoms with E-state index < -0.39 is 12.2 Å². The Balaban J connectivity index is 0.000000150. The van der Waals surface area contributed by atoms with Gasteiger partial charge in [0.25, 0.3) is 0 Å². The fourth-order valence-electron chi connectivity index (χ4n) is 18.3. The van der Waals surface area contributed by atoms with Crippen LogP contribution in [0.25, 0.3) is 22.5 Å². The van der Waals surface area contributed by atoms with E-state index in [9.17, 15) is 63.6 Å². The zero-order valence-corrected chi connectivity index (χ0v) is 84.9. The second-order valence-corrected chi connectivity index (χ2v) is 37.4. The maximum Gasteiger partial charge on any atom is 0.217 e. The number of aliphatic hydroxyl groups is 2. The van der Waals surface area contributed by atoms with Crippen LogP contribution in [0.15, 0.2) is 341 Å². The number of phenols is 6. The number of phenolic OH excluding ortho intramolecular Hbond substituents is 6. The summed E-state index contributed by atoms with van der Waals surface area (Å²) in [6.45, 7) is 20.0. The van der Waals surface area contributed by atoms with Crippen LogP contribution in [0.5, 0.6) is 46.0 Å². The molecule has 28 nitrogen and oxygen atoms in total. The minimum Gasteiger partial charge on any atom is -0.508 e.